The fraction of sp³-hybridized carbons (Fsp3) is 0.600. The molecular weight excluding hydrogens is 458 g/mol. The molecule has 13 nitrogen and oxygen atoms in total. The van der Waals surface area contributed by atoms with Crippen LogP contribution in [-0.2, 0) is 13.6 Å². The molecule has 0 fully saturated rings. The van der Waals surface area contributed by atoms with Gasteiger partial charge in [0.15, 0.2) is 10.7 Å². The molecule has 0 unspecified atom stereocenters. The second-order valence-corrected chi connectivity index (χ2v) is 8.57. The normalized spacial score (nSPS) is 11.5. The Morgan fingerprint density at radius 3 is 2.29 bits per heavy atom. The van der Waals surface area contributed by atoms with Gasteiger partial charge in [-0.25, -0.2) is 15.0 Å². The summed E-state index contributed by atoms with van der Waals surface area (Å²) in [5.41, 5.74) is 1.34. The summed E-state index contributed by atoms with van der Waals surface area (Å²) in [6.45, 7) is 10.5. The highest BCUT2D eigenvalue weighted by Gasteiger charge is 2.23. The van der Waals surface area contributed by atoms with Crippen molar-refractivity contribution in [3.63, 3.8) is 0 Å². The van der Waals surface area contributed by atoms with E-state index in [-0.39, 0.29) is 5.82 Å². The van der Waals surface area contributed by atoms with E-state index in [9.17, 15) is 10.1 Å². The van der Waals surface area contributed by atoms with Gasteiger partial charge in [0.25, 0.3) is 0 Å². The van der Waals surface area contributed by atoms with Crippen molar-refractivity contribution >= 4 is 28.7 Å². The summed E-state index contributed by atoms with van der Waals surface area (Å²) in [5, 5.41) is 25.7. The standard InChI is InChI=1S/C20H33N11O2S/c1-3-21-6-7-23-10-11-24-9-8-22-5-4-12-30-15-27-16-17(30)25-13-26-19(16)34-20-18(31(32)33)28-14-29(20)2/h13-15,21-24H,3-12H2,1-2H3. The number of fused-ring (bicyclic) bond motifs is 1. The molecule has 3 heterocycles. The molecule has 3 rings (SSSR count). The predicted octanol–water partition coefficient (Wildman–Crippen LogP) is 0.388. The second-order valence-electron chi connectivity index (χ2n) is 7.59. The molecule has 186 valence electrons. The number of nitro groups is 1. The fourth-order valence-electron chi connectivity index (χ4n) is 3.30. The van der Waals surface area contributed by atoms with E-state index < -0.39 is 4.92 Å². The molecule has 0 saturated heterocycles. The van der Waals surface area contributed by atoms with E-state index in [1.54, 1.807) is 17.9 Å². The molecular formula is C20H33N11O2S. The van der Waals surface area contributed by atoms with E-state index >= 15 is 0 Å². The molecule has 0 radical (unpaired) electrons. The number of nitrogens with zero attached hydrogens (tertiary/aromatic N) is 7. The largest absolute Gasteiger partial charge is 0.396 e. The van der Waals surface area contributed by atoms with Crippen LogP contribution in [0.3, 0.4) is 0 Å². The first-order valence-corrected chi connectivity index (χ1v) is 12.3. The maximum absolute atomic E-state index is 11.2. The summed E-state index contributed by atoms with van der Waals surface area (Å²) in [6, 6.07) is 0. The first-order chi connectivity index (χ1) is 16.6. The van der Waals surface area contributed by atoms with Crippen LogP contribution in [0.5, 0.6) is 0 Å². The number of hydrogen-bond acceptors (Lipinski definition) is 11. The first-order valence-electron chi connectivity index (χ1n) is 11.4. The number of aryl methyl sites for hydroxylation is 2. The molecule has 3 aromatic rings. The Morgan fingerprint density at radius 2 is 1.62 bits per heavy atom. The summed E-state index contributed by atoms with van der Waals surface area (Å²) < 4.78 is 3.59. The van der Waals surface area contributed by atoms with Crippen molar-refractivity contribution < 1.29 is 4.92 Å². The zero-order valence-corrected chi connectivity index (χ0v) is 20.5. The van der Waals surface area contributed by atoms with E-state index in [1.807, 2.05) is 4.57 Å². The van der Waals surface area contributed by atoms with Gasteiger partial charge in [-0.05, 0) is 41.2 Å². The quantitative estimate of drug-likeness (QED) is 0.0897. The van der Waals surface area contributed by atoms with Crippen LogP contribution < -0.4 is 21.3 Å². The van der Waals surface area contributed by atoms with Crippen LogP contribution >= 0.6 is 11.8 Å². The summed E-state index contributed by atoms with van der Waals surface area (Å²) in [6.07, 6.45) is 5.55. The third kappa shape index (κ3) is 7.43. The van der Waals surface area contributed by atoms with Crippen molar-refractivity contribution in [1.29, 1.82) is 0 Å². The lowest BCUT2D eigenvalue weighted by molar-refractivity contribution is -0.392. The van der Waals surface area contributed by atoms with Crippen molar-refractivity contribution in [3.05, 3.63) is 29.1 Å². The van der Waals surface area contributed by atoms with Crippen molar-refractivity contribution in [3.8, 4) is 0 Å². The number of nitrogens with one attached hydrogen (secondary N) is 4. The molecule has 0 aliphatic rings. The highest BCUT2D eigenvalue weighted by atomic mass is 32.2. The van der Waals surface area contributed by atoms with E-state index in [4.69, 9.17) is 0 Å². The molecule has 0 aromatic carbocycles. The average molecular weight is 492 g/mol. The molecule has 0 bridgehead atoms. The Balaban J connectivity index is 1.39. The van der Waals surface area contributed by atoms with Gasteiger partial charge in [-0.15, -0.1) is 0 Å². The van der Waals surface area contributed by atoms with Gasteiger partial charge >= 0.3 is 5.82 Å². The minimum atomic E-state index is -0.495. The molecule has 0 aliphatic carbocycles. The maximum Gasteiger partial charge on any atom is 0.396 e. The van der Waals surface area contributed by atoms with Gasteiger partial charge in [-0.3, -0.25) is 0 Å². The summed E-state index contributed by atoms with van der Waals surface area (Å²) in [4.78, 5) is 27.7. The van der Waals surface area contributed by atoms with Crippen LogP contribution in [0.4, 0.5) is 5.82 Å². The Labute approximate surface area is 202 Å². The Morgan fingerprint density at radius 1 is 0.941 bits per heavy atom. The number of hydrogen-bond donors (Lipinski definition) is 4. The Kier molecular flexibility index (Phi) is 10.6. The van der Waals surface area contributed by atoms with Gasteiger partial charge in [0.1, 0.15) is 16.9 Å². The second kappa shape index (κ2) is 13.9. The van der Waals surface area contributed by atoms with Gasteiger partial charge in [0, 0.05) is 52.9 Å². The number of imidazole rings is 2. The lowest BCUT2D eigenvalue weighted by Gasteiger charge is -2.08. The minimum absolute atomic E-state index is 0.195. The Bertz CT molecular complexity index is 1040. The monoisotopic (exact) mass is 491 g/mol. The summed E-state index contributed by atoms with van der Waals surface area (Å²) in [7, 11) is 1.71. The zero-order chi connectivity index (χ0) is 24.2. The summed E-state index contributed by atoms with van der Waals surface area (Å²) in [5.74, 6) is -0.195. The zero-order valence-electron chi connectivity index (χ0n) is 19.7. The third-order valence-corrected chi connectivity index (χ3v) is 6.19. The molecule has 14 heteroatoms. The lowest BCUT2D eigenvalue weighted by atomic mass is 10.4. The number of rotatable bonds is 17. The van der Waals surface area contributed by atoms with Crippen molar-refractivity contribution in [1.82, 2.24) is 50.3 Å². The molecule has 0 atom stereocenters. The van der Waals surface area contributed by atoms with E-state index in [0.717, 1.165) is 65.3 Å². The van der Waals surface area contributed by atoms with E-state index in [1.165, 1.54) is 24.4 Å². The van der Waals surface area contributed by atoms with Crippen LogP contribution in [-0.4, -0.2) is 86.4 Å². The van der Waals surface area contributed by atoms with E-state index in [0.29, 0.717) is 21.2 Å². The molecule has 0 saturated carbocycles. The third-order valence-electron chi connectivity index (χ3n) is 5.04. The minimum Gasteiger partial charge on any atom is -0.358 e. The SMILES string of the molecule is CCNCCNCCNCCNCCCn1cnc2c(Sc3c([N+](=O)[O-])ncn3C)ncnc21. The highest BCUT2D eigenvalue weighted by Crippen LogP contribution is 2.35. The topological polar surface area (TPSA) is 153 Å². The van der Waals surface area contributed by atoms with Gasteiger partial charge in [0.2, 0.25) is 6.33 Å². The van der Waals surface area contributed by atoms with Crippen LogP contribution in [0.1, 0.15) is 13.3 Å². The Hall–Kier alpha value is -2.65. The van der Waals surface area contributed by atoms with Crippen LogP contribution in [0.15, 0.2) is 29.0 Å². The molecule has 34 heavy (non-hydrogen) atoms. The average Bonchev–Trinajstić information content (AvgIpc) is 3.41. The molecule has 4 N–H and O–H groups in total. The first kappa shape index (κ1) is 26.0. The van der Waals surface area contributed by atoms with Gasteiger partial charge < -0.3 is 40.5 Å². The number of aromatic nitrogens is 6. The lowest BCUT2D eigenvalue weighted by Crippen LogP contribution is -2.35. The van der Waals surface area contributed by atoms with Crippen LogP contribution in [0.2, 0.25) is 0 Å². The molecule has 0 spiro atoms. The number of likely N-dealkylation sites (N-methyl/N-ethyl adjacent to an activating group) is 1. The molecule has 3 aromatic heterocycles. The van der Waals surface area contributed by atoms with Crippen LogP contribution in [0.25, 0.3) is 11.2 Å². The molecule has 0 amide bonds. The summed E-state index contributed by atoms with van der Waals surface area (Å²) >= 11 is 1.17. The van der Waals surface area contributed by atoms with Crippen molar-refractivity contribution in [2.24, 2.45) is 7.05 Å². The van der Waals surface area contributed by atoms with Crippen LogP contribution in [0, 0.1) is 10.1 Å². The maximum atomic E-state index is 11.2. The van der Waals surface area contributed by atoms with E-state index in [2.05, 4.69) is 48.1 Å². The van der Waals surface area contributed by atoms with Gasteiger partial charge in [-0.2, -0.15) is 0 Å². The smallest absolute Gasteiger partial charge is 0.358 e. The highest BCUT2D eigenvalue weighted by molar-refractivity contribution is 7.99. The van der Waals surface area contributed by atoms with Gasteiger partial charge in [-0.1, -0.05) is 6.92 Å². The van der Waals surface area contributed by atoms with Gasteiger partial charge in [0.05, 0.1) is 6.33 Å². The molecule has 0 aliphatic heterocycles. The predicted molar refractivity (Wildman–Crippen MR) is 131 cm³/mol. The fourth-order valence-corrected chi connectivity index (χ4v) is 4.23. The van der Waals surface area contributed by atoms with Crippen molar-refractivity contribution in [2.45, 2.75) is 29.9 Å². The van der Waals surface area contributed by atoms with Crippen molar-refractivity contribution in [2.75, 3.05) is 52.4 Å².